The molecular formula is C27H33N3O10. The number of rotatable bonds is 3. The molecule has 13 heteroatoms. The van der Waals surface area contributed by atoms with Crippen LogP contribution in [0.5, 0.6) is 5.75 Å². The third-order valence-corrected chi connectivity index (χ3v) is 8.13. The minimum Gasteiger partial charge on any atom is -0.505 e. The predicted molar refractivity (Wildman–Crippen MR) is 137 cm³/mol. The standard InChI is InChI=1S/C27H33N3O10/c1-9-10-7-8-11(29-25(38)40-26(2,3)4)18(31)13(10)19(32)14-12(9)20(33)16-17(30(5)6)21(34)15(24(28)37)23(36)27(16,39)22(14)35/h7-9,12,14-17,20,31,33,39H,1-6H3,(H2,28,37)(H,29,38)/t9-,12+,14?,15?,16+,17-,20-,27-/m1/s1. The fourth-order valence-electron chi connectivity index (χ4n) is 6.50. The van der Waals surface area contributed by atoms with Gasteiger partial charge in [-0.2, -0.15) is 0 Å². The number of ether oxygens (including phenoxy) is 1. The van der Waals surface area contributed by atoms with Gasteiger partial charge in [0.25, 0.3) is 0 Å². The van der Waals surface area contributed by atoms with Crippen LogP contribution in [-0.2, 0) is 23.9 Å². The molecule has 13 nitrogen and oxygen atoms in total. The molecule has 4 rings (SSSR count). The summed E-state index contributed by atoms with van der Waals surface area (Å²) in [6.07, 6.45) is -2.64. The van der Waals surface area contributed by atoms with Crippen molar-refractivity contribution < 1.29 is 48.8 Å². The van der Waals surface area contributed by atoms with Gasteiger partial charge in [0.2, 0.25) is 5.91 Å². The third-order valence-electron chi connectivity index (χ3n) is 8.13. The number of primary amides is 1. The first-order chi connectivity index (χ1) is 18.4. The Morgan fingerprint density at radius 1 is 1.10 bits per heavy atom. The number of amides is 2. The van der Waals surface area contributed by atoms with E-state index in [0.717, 1.165) is 0 Å². The normalized spacial score (nSPS) is 33.7. The van der Waals surface area contributed by atoms with Gasteiger partial charge in [-0.15, -0.1) is 0 Å². The average Bonchev–Trinajstić information content (AvgIpc) is 2.81. The third kappa shape index (κ3) is 4.11. The highest BCUT2D eigenvalue weighted by atomic mass is 16.6. The van der Waals surface area contributed by atoms with Crippen molar-refractivity contribution in [1.29, 1.82) is 0 Å². The summed E-state index contributed by atoms with van der Waals surface area (Å²) >= 11 is 0. The summed E-state index contributed by atoms with van der Waals surface area (Å²) in [6, 6.07) is 1.34. The van der Waals surface area contributed by atoms with Crippen LogP contribution in [0.15, 0.2) is 12.1 Å². The summed E-state index contributed by atoms with van der Waals surface area (Å²) in [6.45, 7) is 6.48. The van der Waals surface area contributed by atoms with Gasteiger partial charge in [0, 0.05) is 5.92 Å². The minimum atomic E-state index is -3.09. The van der Waals surface area contributed by atoms with Crippen LogP contribution in [0, 0.1) is 23.7 Å². The molecule has 2 fully saturated rings. The lowest BCUT2D eigenvalue weighted by Gasteiger charge is -2.56. The van der Waals surface area contributed by atoms with Gasteiger partial charge in [0.1, 0.15) is 11.4 Å². The highest BCUT2D eigenvalue weighted by molar-refractivity contribution is 6.32. The zero-order valence-corrected chi connectivity index (χ0v) is 22.9. The summed E-state index contributed by atoms with van der Waals surface area (Å²) in [7, 11) is 2.84. The average molecular weight is 560 g/mol. The number of aromatic hydroxyl groups is 1. The molecule has 0 aromatic heterocycles. The molecule has 2 saturated carbocycles. The van der Waals surface area contributed by atoms with Crippen molar-refractivity contribution in [2.75, 3.05) is 19.4 Å². The van der Waals surface area contributed by atoms with Gasteiger partial charge < -0.3 is 25.8 Å². The van der Waals surface area contributed by atoms with E-state index in [1.165, 1.54) is 31.1 Å². The molecule has 0 saturated heterocycles. The lowest BCUT2D eigenvalue weighted by molar-refractivity contribution is -0.196. The molecule has 2 amide bonds. The fourth-order valence-corrected chi connectivity index (χ4v) is 6.50. The molecule has 1 aromatic carbocycles. The molecule has 0 radical (unpaired) electrons. The number of anilines is 1. The van der Waals surface area contributed by atoms with E-state index in [1.54, 1.807) is 27.7 Å². The van der Waals surface area contributed by atoms with E-state index in [2.05, 4.69) is 5.32 Å². The summed E-state index contributed by atoms with van der Waals surface area (Å²) in [5, 5.41) is 36.6. The Balaban J connectivity index is 1.85. The maximum absolute atomic E-state index is 14.0. The van der Waals surface area contributed by atoms with Gasteiger partial charge in [-0.05, 0) is 52.4 Å². The van der Waals surface area contributed by atoms with Crippen LogP contribution in [0.3, 0.4) is 0 Å². The second kappa shape index (κ2) is 9.46. The Kier molecular flexibility index (Phi) is 6.93. The van der Waals surface area contributed by atoms with Crippen molar-refractivity contribution in [1.82, 2.24) is 4.90 Å². The number of hydrogen-bond donors (Lipinski definition) is 5. The van der Waals surface area contributed by atoms with Crippen molar-refractivity contribution in [2.24, 2.45) is 29.4 Å². The number of fused-ring (bicyclic) bond motifs is 3. The van der Waals surface area contributed by atoms with Gasteiger partial charge in [-0.25, -0.2) is 4.79 Å². The van der Waals surface area contributed by atoms with E-state index in [-0.39, 0.29) is 16.8 Å². The van der Waals surface area contributed by atoms with E-state index in [0.29, 0.717) is 0 Å². The number of phenols is 1. The molecule has 3 aliphatic carbocycles. The maximum atomic E-state index is 14.0. The molecule has 40 heavy (non-hydrogen) atoms. The predicted octanol–water partition coefficient (Wildman–Crippen LogP) is -0.254. The van der Waals surface area contributed by atoms with Crippen molar-refractivity contribution >= 4 is 40.8 Å². The van der Waals surface area contributed by atoms with Crippen LogP contribution in [0.1, 0.15) is 49.5 Å². The van der Waals surface area contributed by atoms with Gasteiger partial charge >= 0.3 is 6.09 Å². The van der Waals surface area contributed by atoms with E-state index < -0.39 is 93.8 Å². The van der Waals surface area contributed by atoms with Crippen molar-refractivity contribution in [3.05, 3.63) is 23.3 Å². The summed E-state index contributed by atoms with van der Waals surface area (Å²) < 4.78 is 5.18. The number of hydrogen-bond acceptors (Lipinski definition) is 11. The quantitative estimate of drug-likeness (QED) is 0.240. The number of nitrogens with two attached hydrogens (primary N) is 1. The monoisotopic (exact) mass is 559 g/mol. The van der Waals surface area contributed by atoms with Gasteiger partial charge in [-0.3, -0.25) is 34.2 Å². The van der Waals surface area contributed by atoms with Crippen molar-refractivity contribution in [2.45, 2.75) is 57.0 Å². The van der Waals surface area contributed by atoms with Crippen LogP contribution < -0.4 is 11.1 Å². The SMILES string of the molecule is C[C@@H]1c2ccc(NC(=O)OC(C)(C)C)c(O)c2C(=O)C2C(=O)[C@@]3(O)C(=O)C(C(N)=O)C(=O)[C@H](N(C)C)[C@H]3[C@H](O)[C@H]21. The summed E-state index contributed by atoms with van der Waals surface area (Å²) in [5.74, 6) is -14.4. The maximum Gasteiger partial charge on any atom is 0.412 e. The van der Waals surface area contributed by atoms with Crippen LogP contribution in [-0.4, -0.2) is 92.8 Å². The van der Waals surface area contributed by atoms with Crippen molar-refractivity contribution in [3.63, 3.8) is 0 Å². The number of Topliss-reactive ketones (excluding diaryl/α,β-unsaturated/α-hetero) is 4. The molecule has 216 valence electrons. The lowest BCUT2D eigenvalue weighted by atomic mass is 9.49. The summed E-state index contributed by atoms with van der Waals surface area (Å²) in [5.41, 5.74) is 1.09. The van der Waals surface area contributed by atoms with E-state index in [1.807, 2.05) is 0 Å². The van der Waals surface area contributed by atoms with E-state index >= 15 is 0 Å². The smallest absolute Gasteiger partial charge is 0.412 e. The Morgan fingerprint density at radius 2 is 1.70 bits per heavy atom. The number of phenolic OH excluding ortho intramolecular Hbond substituents is 1. The molecule has 0 aliphatic heterocycles. The topological polar surface area (TPSA) is 214 Å². The first kappa shape index (κ1) is 29.3. The molecule has 6 N–H and O–H groups in total. The highest BCUT2D eigenvalue weighted by Crippen LogP contribution is 2.55. The molecule has 1 aromatic rings. The zero-order valence-electron chi connectivity index (χ0n) is 22.9. The minimum absolute atomic E-state index is 0.187. The van der Waals surface area contributed by atoms with Gasteiger partial charge in [0.05, 0.1) is 35.2 Å². The number of nitrogens with zero attached hydrogens (tertiary/aromatic N) is 1. The van der Waals surface area contributed by atoms with E-state index in [9.17, 15) is 44.1 Å². The van der Waals surface area contributed by atoms with Crippen LogP contribution in [0.2, 0.25) is 0 Å². The first-order valence-corrected chi connectivity index (χ1v) is 12.7. The van der Waals surface area contributed by atoms with Crippen molar-refractivity contribution in [3.8, 4) is 5.75 Å². The van der Waals surface area contributed by atoms with Crippen LogP contribution in [0.25, 0.3) is 0 Å². The molecule has 0 bridgehead atoms. The Labute approximate surface area is 229 Å². The molecule has 0 spiro atoms. The largest absolute Gasteiger partial charge is 0.505 e. The first-order valence-electron chi connectivity index (χ1n) is 12.7. The lowest BCUT2D eigenvalue weighted by Crippen LogP contribution is -2.77. The zero-order chi connectivity index (χ0) is 30.2. The number of nitrogens with one attached hydrogen (secondary N) is 1. The highest BCUT2D eigenvalue weighted by Gasteiger charge is 2.72. The Hall–Kier alpha value is -3.68. The number of benzene rings is 1. The Bertz CT molecular complexity index is 1350. The second-order valence-electron chi connectivity index (χ2n) is 11.9. The number of carbonyl (C=O) groups is 6. The second-order valence-corrected chi connectivity index (χ2v) is 11.9. The number of ketones is 4. The molecule has 0 heterocycles. The molecule has 8 atom stereocenters. The van der Waals surface area contributed by atoms with Gasteiger partial charge in [-0.1, -0.05) is 13.0 Å². The van der Waals surface area contributed by atoms with Crippen LogP contribution >= 0.6 is 0 Å². The fraction of sp³-hybridized carbons (Fsp3) is 0.556. The van der Waals surface area contributed by atoms with Gasteiger partial charge in [0.15, 0.2) is 34.7 Å². The van der Waals surface area contributed by atoms with Crippen LogP contribution in [0.4, 0.5) is 10.5 Å². The molecule has 3 aliphatic rings. The summed E-state index contributed by atoms with van der Waals surface area (Å²) in [4.78, 5) is 80.0. The number of carbonyl (C=O) groups excluding carboxylic acids is 6. The molecule has 2 unspecified atom stereocenters. The molecular weight excluding hydrogens is 526 g/mol. The number of likely N-dealkylation sites (N-methyl/N-ethyl adjacent to an activating group) is 1. The number of aliphatic hydroxyl groups excluding tert-OH is 1. The number of aliphatic hydroxyl groups is 2. The van der Waals surface area contributed by atoms with E-state index in [4.69, 9.17) is 10.5 Å². The Morgan fingerprint density at radius 3 is 2.23 bits per heavy atom.